The molecular formula is C21H24N2O2. The summed E-state index contributed by atoms with van der Waals surface area (Å²) in [5, 5.41) is 2.93. The van der Waals surface area contributed by atoms with Crippen molar-refractivity contribution in [1.29, 1.82) is 0 Å². The molecule has 130 valence electrons. The first-order chi connectivity index (χ1) is 12.1. The maximum absolute atomic E-state index is 12.4. The van der Waals surface area contributed by atoms with E-state index in [1.807, 2.05) is 24.3 Å². The van der Waals surface area contributed by atoms with E-state index in [0.717, 1.165) is 29.1 Å². The van der Waals surface area contributed by atoms with Gasteiger partial charge in [-0.3, -0.25) is 4.79 Å². The number of hydrogen-bond donors (Lipinski definition) is 2. The smallest absolute Gasteiger partial charge is 0.256 e. The number of benzene rings is 1. The third-order valence-electron chi connectivity index (χ3n) is 5.41. The summed E-state index contributed by atoms with van der Waals surface area (Å²) in [5.41, 5.74) is 6.20. The van der Waals surface area contributed by atoms with Crippen molar-refractivity contribution in [3.63, 3.8) is 0 Å². The summed E-state index contributed by atoms with van der Waals surface area (Å²) in [6, 6.07) is 7.90. The number of aromatic nitrogens is 1. The molecule has 1 atom stereocenters. The number of amides is 1. The zero-order valence-corrected chi connectivity index (χ0v) is 15.0. The molecule has 2 heterocycles. The van der Waals surface area contributed by atoms with Crippen LogP contribution in [0.1, 0.15) is 55.1 Å². The van der Waals surface area contributed by atoms with Gasteiger partial charge in [0.15, 0.2) is 0 Å². The van der Waals surface area contributed by atoms with Gasteiger partial charge in [0.1, 0.15) is 5.75 Å². The highest BCUT2D eigenvalue weighted by Crippen LogP contribution is 2.39. The number of carbonyl (C=O) groups excluding carboxylic acids is 1. The zero-order chi connectivity index (χ0) is 17.6. The molecule has 4 heteroatoms. The number of aromatic amines is 1. The van der Waals surface area contributed by atoms with E-state index in [2.05, 4.69) is 30.2 Å². The maximum Gasteiger partial charge on any atom is 0.256 e. The molecule has 0 spiro atoms. The van der Waals surface area contributed by atoms with Gasteiger partial charge in [-0.2, -0.15) is 0 Å². The number of anilines is 1. The van der Waals surface area contributed by atoms with Crippen LogP contribution in [0.25, 0.3) is 11.6 Å². The van der Waals surface area contributed by atoms with Crippen molar-refractivity contribution < 1.29 is 9.53 Å². The molecule has 0 saturated carbocycles. The van der Waals surface area contributed by atoms with E-state index in [4.69, 9.17) is 4.74 Å². The van der Waals surface area contributed by atoms with Gasteiger partial charge in [0.05, 0.1) is 12.7 Å². The van der Waals surface area contributed by atoms with Crippen LogP contribution in [0.2, 0.25) is 0 Å². The minimum Gasteiger partial charge on any atom is -0.497 e. The zero-order valence-electron chi connectivity index (χ0n) is 15.0. The van der Waals surface area contributed by atoms with Crippen LogP contribution in [0.4, 0.5) is 5.69 Å². The van der Waals surface area contributed by atoms with Gasteiger partial charge in [-0.1, -0.05) is 13.8 Å². The average Bonchev–Trinajstić information content (AvgIpc) is 3.15. The van der Waals surface area contributed by atoms with Crippen LogP contribution in [0.15, 0.2) is 24.3 Å². The van der Waals surface area contributed by atoms with Crippen LogP contribution in [0.5, 0.6) is 5.75 Å². The van der Waals surface area contributed by atoms with E-state index in [9.17, 15) is 4.79 Å². The monoisotopic (exact) mass is 336 g/mol. The Bertz CT molecular complexity index is 861. The van der Waals surface area contributed by atoms with Crippen LogP contribution in [0.3, 0.4) is 0 Å². The molecule has 25 heavy (non-hydrogen) atoms. The van der Waals surface area contributed by atoms with Crippen molar-refractivity contribution in [2.24, 2.45) is 5.92 Å². The molecule has 1 unspecified atom stereocenters. The molecule has 2 aromatic rings. The van der Waals surface area contributed by atoms with Crippen LogP contribution in [-0.4, -0.2) is 18.0 Å². The summed E-state index contributed by atoms with van der Waals surface area (Å²) in [5.74, 6) is 1.94. The minimum absolute atomic E-state index is 0.0590. The number of ether oxygens (including phenoxy) is 1. The molecule has 1 aromatic heterocycles. The largest absolute Gasteiger partial charge is 0.497 e. The molecule has 0 radical (unpaired) electrons. The highest BCUT2D eigenvalue weighted by molar-refractivity contribution is 6.34. The van der Waals surface area contributed by atoms with E-state index in [0.29, 0.717) is 17.4 Å². The fourth-order valence-electron chi connectivity index (χ4n) is 4.09. The van der Waals surface area contributed by atoms with Crippen molar-refractivity contribution in [2.45, 2.75) is 39.0 Å². The van der Waals surface area contributed by atoms with Crippen LogP contribution in [-0.2, 0) is 11.2 Å². The normalized spacial score (nSPS) is 20.6. The Hall–Kier alpha value is -2.49. The summed E-state index contributed by atoms with van der Waals surface area (Å²) >= 11 is 0. The van der Waals surface area contributed by atoms with Crippen LogP contribution >= 0.6 is 0 Å². The summed E-state index contributed by atoms with van der Waals surface area (Å²) in [6.45, 7) is 4.58. The van der Waals surface area contributed by atoms with E-state index < -0.39 is 0 Å². The number of methoxy groups -OCH3 is 1. The van der Waals surface area contributed by atoms with E-state index in [1.54, 1.807) is 7.11 Å². The SMILES string of the molecule is COc1ccc2c(c1)C(=Cc1cc3c([nH]1)CCCC3C(C)C)C(=O)N2. The Labute approximate surface area is 148 Å². The Balaban J connectivity index is 1.74. The Kier molecular flexibility index (Phi) is 3.91. The molecule has 1 amide bonds. The second-order valence-corrected chi connectivity index (χ2v) is 7.32. The van der Waals surface area contributed by atoms with E-state index in [-0.39, 0.29) is 5.91 Å². The number of nitrogens with one attached hydrogen (secondary N) is 2. The summed E-state index contributed by atoms with van der Waals surface area (Å²) < 4.78 is 5.31. The van der Waals surface area contributed by atoms with Gasteiger partial charge in [0, 0.05) is 22.6 Å². The van der Waals surface area contributed by atoms with Gasteiger partial charge < -0.3 is 15.0 Å². The second kappa shape index (κ2) is 6.10. The number of aryl methyl sites for hydroxylation is 1. The third-order valence-corrected chi connectivity index (χ3v) is 5.41. The predicted molar refractivity (Wildman–Crippen MR) is 101 cm³/mol. The van der Waals surface area contributed by atoms with E-state index in [1.165, 1.54) is 24.1 Å². The van der Waals surface area contributed by atoms with Gasteiger partial charge >= 0.3 is 0 Å². The Morgan fingerprint density at radius 1 is 1.28 bits per heavy atom. The average molecular weight is 336 g/mol. The van der Waals surface area contributed by atoms with Gasteiger partial charge in [0.25, 0.3) is 5.91 Å². The van der Waals surface area contributed by atoms with Gasteiger partial charge in [-0.15, -0.1) is 0 Å². The van der Waals surface area contributed by atoms with Gasteiger partial charge in [0.2, 0.25) is 0 Å². The molecule has 4 rings (SSSR count). The molecule has 1 aromatic carbocycles. The van der Waals surface area contributed by atoms with E-state index >= 15 is 0 Å². The third kappa shape index (κ3) is 2.76. The Morgan fingerprint density at radius 3 is 2.88 bits per heavy atom. The maximum atomic E-state index is 12.4. The second-order valence-electron chi connectivity index (χ2n) is 7.32. The minimum atomic E-state index is -0.0590. The highest BCUT2D eigenvalue weighted by Gasteiger charge is 2.27. The molecule has 1 aliphatic heterocycles. The van der Waals surface area contributed by atoms with Gasteiger partial charge in [-0.05, 0) is 67.0 Å². The highest BCUT2D eigenvalue weighted by atomic mass is 16.5. The lowest BCUT2D eigenvalue weighted by molar-refractivity contribution is -0.110. The quantitative estimate of drug-likeness (QED) is 0.805. The lowest BCUT2D eigenvalue weighted by Crippen LogP contribution is -2.13. The number of rotatable bonds is 3. The lowest BCUT2D eigenvalue weighted by atomic mass is 9.80. The van der Waals surface area contributed by atoms with Crippen molar-refractivity contribution in [2.75, 3.05) is 12.4 Å². The fourth-order valence-corrected chi connectivity index (χ4v) is 4.09. The molecule has 1 aliphatic carbocycles. The lowest BCUT2D eigenvalue weighted by Gasteiger charge is -2.25. The summed E-state index contributed by atoms with van der Waals surface area (Å²) in [6.07, 6.45) is 5.54. The fraction of sp³-hybridized carbons (Fsp3) is 0.381. The topological polar surface area (TPSA) is 54.1 Å². The van der Waals surface area contributed by atoms with Gasteiger partial charge in [-0.25, -0.2) is 0 Å². The molecule has 4 nitrogen and oxygen atoms in total. The molecule has 2 aliphatic rings. The van der Waals surface area contributed by atoms with Crippen molar-refractivity contribution in [3.05, 3.63) is 46.8 Å². The van der Waals surface area contributed by atoms with Crippen molar-refractivity contribution in [1.82, 2.24) is 4.98 Å². The van der Waals surface area contributed by atoms with Crippen LogP contribution in [0, 0.1) is 5.92 Å². The summed E-state index contributed by atoms with van der Waals surface area (Å²) in [4.78, 5) is 16.0. The van der Waals surface area contributed by atoms with Crippen molar-refractivity contribution in [3.8, 4) is 5.75 Å². The number of hydrogen-bond acceptors (Lipinski definition) is 2. The molecule has 0 bridgehead atoms. The number of fused-ring (bicyclic) bond motifs is 2. The first-order valence-electron chi connectivity index (χ1n) is 9.00. The Morgan fingerprint density at radius 2 is 2.12 bits per heavy atom. The predicted octanol–water partition coefficient (Wildman–Crippen LogP) is 4.59. The molecule has 0 fully saturated rings. The standard InChI is InChI=1S/C21H24N2O2/c1-12(2)15-5-4-6-19-16(15)9-13(22-19)10-18-17-11-14(25-3)7-8-20(17)23-21(18)24/h7-12,15,22H,4-6H2,1-3H3,(H,23,24). The number of H-pyrrole nitrogens is 1. The number of carbonyl (C=O) groups is 1. The van der Waals surface area contributed by atoms with Crippen LogP contribution < -0.4 is 10.1 Å². The van der Waals surface area contributed by atoms with Crippen molar-refractivity contribution >= 4 is 23.2 Å². The first-order valence-corrected chi connectivity index (χ1v) is 9.00. The molecule has 0 saturated heterocycles. The molecular weight excluding hydrogens is 312 g/mol. The molecule has 2 N–H and O–H groups in total. The first kappa shape index (κ1) is 16.0. The summed E-state index contributed by atoms with van der Waals surface area (Å²) in [7, 11) is 1.64.